The fraction of sp³-hybridized carbons (Fsp3) is 0.600. The number of nitrogens with two attached hydrogens (primary N) is 2. The van der Waals surface area contributed by atoms with Crippen LogP contribution >= 0.6 is 0 Å². The Morgan fingerprint density at radius 3 is 2.75 bits per heavy atom. The maximum atomic E-state index is 10.6. The lowest BCUT2D eigenvalue weighted by atomic mass is 10.8. The highest BCUT2D eigenvalue weighted by atomic mass is 16.2. The van der Waals surface area contributed by atoms with Gasteiger partial charge in [-0.3, -0.25) is 27.4 Å². The van der Waals surface area contributed by atoms with E-state index < -0.39 is 12.3 Å². The zero-order chi connectivity index (χ0) is 12.4. The summed E-state index contributed by atoms with van der Waals surface area (Å²) in [6, 6.07) is -0.675. The third kappa shape index (κ3) is 7.57. The lowest BCUT2D eigenvalue weighted by molar-refractivity contribution is 0.234. The van der Waals surface area contributed by atoms with Gasteiger partial charge in [0.15, 0.2) is 6.29 Å². The highest BCUT2D eigenvalue weighted by molar-refractivity contribution is 5.76. The molecule has 11 nitrogen and oxygen atoms in total. The molecule has 0 aromatic rings. The number of azo groups is 1. The molecule has 0 radical (unpaired) electrons. The molecule has 11 heteroatoms. The van der Waals surface area contributed by atoms with Gasteiger partial charge in [0.05, 0.1) is 0 Å². The minimum absolute atomic E-state index is 0.206. The van der Waals surface area contributed by atoms with Gasteiger partial charge in [0, 0.05) is 6.54 Å². The van der Waals surface area contributed by atoms with E-state index in [2.05, 4.69) is 31.9 Å². The smallest absolute Gasteiger partial charge is 0.294 e. The summed E-state index contributed by atoms with van der Waals surface area (Å²) in [5, 5.41) is 14.1. The zero-order valence-corrected chi connectivity index (χ0v) is 8.74. The van der Waals surface area contributed by atoms with E-state index in [4.69, 9.17) is 17.0 Å². The number of carbonyl (C=O) groups is 1. The van der Waals surface area contributed by atoms with Crippen LogP contribution in [0.4, 0.5) is 4.79 Å². The largest absolute Gasteiger partial charge is 0.343 e. The minimum Gasteiger partial charge on any atom is -0.294 e. The SMILES string of the molecule is CCNNC(=N)/N=N\C(N)NNC(=O)NN. The van der Waals surface area contributed by atoms with Crippen LogP contribution in [0, 0.1) is 5.41 Å². The van der Waals surface area contributed by atoms with E-state index >= 15 is 0 Å². The highest BCUT2D eigenvalue weighted by Crippen LogP contribution is 1.77. The molecule has 0 rings (SSSR count). The summed E-state index contributed by atoms with van der Waals surface area (Å²) >= 11 is 0. The van der Waals surface area contributed by atoms with Crippen molar-refractivity contribution in [1.29, 1.82) is 5.41 Å². The Labute approximate surface area is 91.8 Å². The molecule has 0 saturated heterocycles. The van der Waals surface area contributed by atoms with E-state index in [0.29, 0.717) is 6.54 Å². The predicted octanol–water partition coefficient (Wildman–Crippen LogP) is -2.59. The van der Waals surface area contributed by atoms with Crippen molar-refractivity contribution in [3.63, 3.8) is 0 Å². The van der Waals surface area contributed by atoms with Crippen molar-refractivity contribution in [2.75, 3.05) is 6.54 Å². The Kier molecular flexibility index (Phi) is 7.52. The first kappa shape index (κ1) is 14.2. The Morgan fingerprint density at radius 1 is 1.50 bits per heavy atom. The van der Waals surface area contributed by atoms with Crippen molar-refractivity contribution in [2.45, 2.75) is 13.2 Å². The number of amides is 2. The molecule has 0 aromatic heterocycles. The summed E-state index contributed by atoms with van der Waals surface area (Å²) < 4.78 is 0. The van der Waals surface area contributed by atoms with Crippen LogP contribution in [0.2, 0.25) is 0 Å². The molecule has 92 valence electrons. The van der Waals surface area contributed by atoms with Crippen LogP contribution < -0.4 is 38.7 Å². The number of hydrogen-bond donors (Lipinski definition) is 8. The molecule has 0 heterocycles. The third-order valence-corrected chi connectivity index (χ3v) is 1.13. The molecular weight excluding hydrogens is 216 g/mol. The number of nitrogens with one attached hydrogen (secondary N) is 6. The van der Waals surface area contributed by atoms with E-state index in [0.717, 1.165) is 0 Å². The Hall–Kier alpha value is -1.82. The topological polar surface area (TPSA) is 178 Å². The van der Waals surface area contributed by atoms with Crippen LogP contribution in [0.3, 0.4) is 0 Å². The van der Waals surface area contributed by atoms with Crippen LogP contribution in [0.1, 0.15) is 6.92 Å². The van der Waals surface area contributed by atoms with Crippen molar-refractivity contribution < 1.29 is 4.79 Å². The van der Waals surface area contributed by atoms with Crippen LogP contribution in [-0.2, 0) is 0 Å². The molecule has 0 aliphatic rings. The molecule has 0 aliphatic carbocycles. The number of guanidine groups is 1. The van der Waals surface area contributed by atoms with Gasteiger partial charge in [0.2, 0.25) is 5.96 Å². The predicted molar refractivity (Wildman–Crippen MR) is 56.4 cm³/mol. The summed E-state index contributed by atoms with van der Waals surface area (Å²) in [7, 11) is 0. The monoisotopic (exact) mass is 232 g/mol. The second kappa shape index (κ2) is 8.49. The van der Waals surface area contributed by atoms with Gasteiger partial charge in [-0.25, -0.2) is 16.1 Å². The number of hydrogen-bond acceptors (Lipinski definition) is 7. The van der Waals surface area contributed by atoms with E-state index in [1.807, 2.05) is 12.3 Å². The first-order valence-corrected chi connectivity index (χ1v) is 4.36. The van der Waals surface area contributed by atoms with Crippen LogP contribution in [-0.4, -0.2) is 24.8 Å². The lowest BCUT2D eigenvalue weighted by Gasteiger charge is -2.09. The normalized spacial score (nSPS) is 12.2. The highest BCUT2D eigenvalue weighted by Gasteiger charge is 2.00. The van der Waals surface area contributed by atoms with E-state index in [-0.39, 0.29) is 5.96 Å². The fourth-order valence-corrected chi connectivity index (χ4v) is 0.521. The lowest BCUT2D eigenvalue weighted by Crippen LogP contribution is -2.52. The van der Waals surface area contributed by atoms with Gasteiger partial charge >= 0.3 is 6.03 Å². The quantitative estimate of drug-likeness (QED) is 0.0490. The molecule has 1 atom stereocenters. The van der Waals surface area contributed by atoms with Crippen molar-refractivity contribution in [1.82, 2.24) is 27.1 Å². The summed E-state index contributed by atoms with van der Waals surface area (Å²) in [5.74, 6) is 4.58. The molecule has 0 bridgehead atoms. The molecule has 2 amide bonds. The average Bonchev–Trinajstić information content (AvgIpc) is 2.30. The van der Waals surface area contributed by atoms with E-state index in [1.54, 1.807) is 0 Å². The molecule has 16 heavy (non-hydrogen) atoms. The number of rotatable bonds is 5. The molecular formula is C5H16N10O. The second-order valence-electron chi connectivity index (χ2n) is 2.41. The van der Waals surface area contributed by atoms with Gasteiger partial charge in [-0.2, -0.15) is 5.43 Å². The zero-order valence-electron chi connectivity index (χ0n) is 8.74. The molecule has 0 aromatic carbocycles. The van der Waals surface area contributed by atoms with Crippen LogP contribution in [0.15, 0.2) is 10.2 Å². The first-order valence-electron chi connectivity index (χ1n) is 4.36. The van der Waals surface area contributed by atoms with Gasteiger partial charge in [0.1, 0.15) is 0 Å². The number of hydrazine groups is 3. The molecule has 0 saturated carbocycles. The van der Waals surface area contributed by atoms with Gasteiger partial charge in [-0.1, -0.05) is 6.92 Å². The van der Waals surface area contributed by atoms with E-state index in [9.17, 15) is 4.79 Å². The van der Waals surface area contributed by atoms with Crippen LogP contribution in [0.5, 0.6) is 0 Å². The van der Waals surface area contributed by atoms with Gasteiger partial charge in [-0.15, -0.1) is 10.2 Å². The maximum Gasteiger partial charge on any atom is 0.343 e. The second-order valence-corrected chi connectivity index (χ2v) is 2.41. The standard InChI is InChI=1S/C5H16N10O/c1-2-9-11-3(6)12-13-4(7)14-15-5(16)10-8/h4,9,14H,2,7-8H2,1H3,(H2,6,11)(H2,10,15,16)/b13-12-. The van der Waals surface area contributed by atoms with Crippen molar-refractivity contribution in [3.05, 3.63) is 0 Å². The molecule has 0 fully saturated rings. The number of urea groups is 1. The number of nitrogens with zero attached hydrogens (tertiary/aromatic N) is 2. The van der Waals surface area contributed by atoms with E-state index in [1.165, 1.54) is 0 Å². The Morgan fingerprint density at radius 2 is 2.19 bits per heavy atom. The summed E-state index contributed by atoms with van der Waals surface area (Å²) in [6.45, 7) is 2.47. The summed E-state index contributed by atoms with van der Waals surface area (Å²) in [4.78, 5) is 10.6. The fourth-order valence-electron chi connectivity index (χ4n) is 0.521. The van der Waals surface area contributed by atoms with Crippen molar-refractivity contribution >= 4 is 12.0 Å². The van der Waals surface area contributed by atoms with Crippen LogP contribution in [0.25, 0.3) is 0 Å². The van der Waals surface area contributed by atoms with Gasteiger partial charge in [0.25, 0.3) is 0 Å². The molecule has 10 N–H and O–H groups in total. The molecule has 0 spiro atoms. The van der Waals surface area contributed by atoms with Gasteiger partial charge < -0.3 is 0 Å². The molecule has 1 unspecified atom stereocenters. The number of carbonyl (C=O) groups excluding carboxylic acids is 1. The Balaban J connectivity index is 3.76. The Bertz CT molecular complexity index is 252. The van der Waals surface area contributed by atoms with Gasteiger partial charge in [-0.05, 0) is 0 Å². The van der Waals surface area contributed by atoms with Crippen molar-refractivity contribution in [2.24, 2.45) is 21.8 Å². The first-order chi connectivity index (χ1) is 7.60. The summed E-state index contributed by atoms with van der Waals surface area (Å²) in [5.41, 5.74) is 16.6. The average molecular weight is 232 g/mol. The third-order valence-electron chi connectivity index (χ3n) is 1.13. The minimum atomic E-state index is -0.985. The maximum absolute atomic E-state index is 10.6. The summed E-state index contributed by atoms with van der Waals surface area (Å²) in [6.07, 6.45) is -0.985. The van der Waals surface area contributed by atoms with Crippen molar-refractivity contribution in [3.8, 4) is 0 Å². The molecule has 0 aliphatic heterocycles.